The molecule has 1 rings (SSSR count). The lowest BCUT2D eigenvalue weighted by atomic mass is 10.2. The maximum atomic E-state index is 5.59. The smallest absolute Gasteiger partial charge is 0.103 e. The molecular formula is C7H13N3. The van der Waals surface area contributed by atoms with Crippen LogP contribution in [0.5, 0.6) is 0 Å². The van der Waals surface area contributed by atoms with Gasteiger partial charge in [0.25, 0.3) is 0 Å². The van der Waals surface area contributed by atoms with Gasteiger partial charge in [-0.3, -0.25) is 0 Å². The van der Waals surface area contributed by atoms with E-state index in [1.807, 2.05) is 20.0 Å². The van der Waals surface area contributed by atoms with Gasteiger partial charge in [0.05, 0.1) is 0 Å². The summed E-state index contributed by atoms with van der Waals surface area (Å²) < 4.78 is 0. The Labute approximate surface area is 60.7 Å². The van der Waals surface area contributed by atoms with E-state index in [1.54, 1.807) is 0 Å². The van der Waals surface area contributed by atoms with E-state index in [9.17, 15) is 0 Å². The number of aromatic amines is 1. The average Bonchev–Trinajstić information content (AvgIpc) is 2.13. The van der Waals surface area contributed by atoms with Crippen molar-refractivity contribution in [2.45, 2.75) is 26.3 Å². The Kier molecular flexibility index (Phi) is 2.06. The van der Waals surface area contributed by atoms with Crippen LogP contribution in [0.2, 0.25) is 0 Å². The zero-order chi connectivity index (χ0) is 7.56. The van der Waals surface area contributed by atoms with Crippen molar-refractivity contribution in [1.29, 1.82) is 0 Å². The highest BCUT2D eigenvalue weighted by Crippen LogP contribution is 1.97. The molecule has 0 aliphatic heterocycles. The van der Waals surface area contributed by atoms with Gasteiger partial charge in [0.1, 0.15) is 5.82 Å². The Morgan fingerprint density at radius 2 is 2.50 bits per heavy atom. The van der Waals surface area contributed by atoms with Crippen LogP contribution in [0.15, 0.2) is 6.20 Å². The van der Waals surface area contributed by atoms with E-state index < -0.39 is 0 Å². The maximum absolute atomic E-state index is 5.59. The van der Waals surface area contributed by atoms with Gasteiger partial charge in [-0.15, -0.1) is 0 Å². The van der Waals surface area contributed by atoms with Crippen molar-refractivity contribution in [3.8, 4) is 0 Å². The fraction of sp³-hybridized carbons (Fsp3) is 0.571. The van der Waals surface area contributed by atoms with E-state index in [0.29, 0.717) is 0 Å². The molecule has 56 valence electrons. The van der Waals surface area contributed by atoms with Crippen molar-refractivity contribution in [3.63, 3.8) is 0 Å². The van der Waals surface area contributed by atoms with Gasteiger partial charge in [-0.05, 0) is 13.8 Å². The Morgan fingerprint density at radius 1 is 1.80 bits per heavy atom. The normalized spacial score (nSPS) is 13.5. The molecule has 0 saturated carbocycles. The van der Waals surface area contributed by atoms with Crippen molar-refractivity contribution in [3.05, 3.63) is 17.7 Å². The molecule has 0 amide bonds. The third kappa shape index (κ3) is 1.84. The maximum Gasteiger partial charge on any atom is 0.103 e. The molecule has 0 spiro atoms. The second kappa shape index (κ2) is 2.84. The monoisotopic (exact) mass is 139 g/mol. The van der Waals surface area contributed by atoms with Crippen LogP contribution in [0.4, 0.5) is 0 Å². The molecule has 0 saturated heterocycles. The number of hydrogen-bond donors (Lipinski definition) is 2. The summed E-state index contributed by atoms with van der Waals surface area (Å²) in [4.78, 5) is 7.17. The number of aryl methyl sites for hydroxylation is 1. The number of nitrogens with one attached hydrogen (secondary N) is 1. The van der Waals surface area contributed by atoms with E-state index in [2.05, 4.69) is 9.97 Å². The van der Waals surface area contributed by atoms with Gasteiger partial charge < -0.3 is 10.7 Å². The van der Waals surface area contributed by atoms with Crippen LogP contribution >= 0.6 is 0 Å². The molecule has 0 aliphatic carbocycles. The number of nitrogens with two attached hydrogens (primary N) is 1. The number of imidazole rings is 1. The first-order valence-electron chi connectivity index (χ1n) is 3.44. The number of aromatic nitrogens is 2. The van der Waals surface area contributed by atoms with Crippen molar-refractivity contribution in [1.82, 2.24) is 9.97 Å². The summed E-state index contributed by atoms with van der Waals surface area (Å²) >= 11 is 0. The summed E-state index contributed by atoms with van der Waals surface area (Å²) in [5.41, 5.74) is 6.70. The summed E-state index contributed by atoms with van der Waals surface area (Å²) in [7, 11) is 0. The number of hydrogen-bond acceptors (Lipinski definition) is 2. The van der Waals surface area contributed by atoms with Crippen LogP contribution in [-0.4, -0.2) is 16.0 Å². The zero-order valence-electron chi connectivity index (χ0n) is 6.39. The third-order valence-corrected chi connectivity index (χ3v) is 1.30. The SMILES string of the molecule is Cc1ncc(C[C@@H](C)N)[nH]1. The molecule has 3 heteroatoms. The largest absolute Gasteiger partial charge is 0.346 e. The summed E-state index contributed by atoms with van der Waals surface area (Å²) in [6, 6.07) is 0.208. The lowest BCUT2D eigenvalue weighted by Crippen LogP contribution is -2.17. The first kappa shape index (κ1) is 7.28. The Bertz CT molecular complexity index is 202. The summed E-state index contributed by atoms with van der Waals surface area (Å²) in [5.74, 6) is 0.954. The highest BCUT2D eigenvalue weighted by atomic mass is 14.9. The Balaban J connectivity index is 2.58. The molecule has 0 radical (unpaired) electrons. The van der Waals surface area contributed by atoms with Gasteiger partial charge in [-0.1, -0.05) is 0 Å². The van der Waals surface area contributed by atoms with Crippen LogP contribution < -0.4 is 5.73 Å². The van der Waals surface area contributed by atoms with Gasteiger partial charge in [-0.25, -0.2) is 4.98 Å². The molecule has 10 heavy (non-hydrogen) atoms. The Morgan fingerprint density at radius 3 is 2.90 bits per heavy atom. The zero-order valence-corrected chi connectivity index (χ0v) is 6.39. The lowest BCUT2D eigenvalue weighted by Gasteiger charge is -1.99. The molecule has 1 atom stereocenters. The first-order chi connectivity index (χ1) is 4.68. The summed E-state index contributed by atoms with van der Waals surface area (Å²) in [6.07, 6.45) is 2.71. The van der Waals surface area contributed by atoms with Crippen LogP contribution in [0.3, 0.4) is 0 Å². The minimum absolute atomic E-state index is 0.208. The van der Waals surface area contributed by atoms with E-state index in [-0.39, 0.29) is 6.04 Å². The van der Waals surface area contributed by atoms with E-state index in [4.69, 9.17) is 5.73 Å². The van der Waals surface area contributed by atoms with Crippen molar-refractivity contribution >= 4 is 0 Å². The van der Waals surface area contributed by atoms with Crippen LogP contribution in [-0.2, 0) is 6.42 Å². The third-order valence-electron chi connectivity index (χ3n) is 1.30. The van der Waals surface area contributed by atoms with Gasteiger partial charge >= 0.3 is 0 Å². The van der Waals surface area contributed by atoms with Crippen molar-refractivity contribution in [2.75, 3.05) is 0 Å². The van der Waals surface area contributed by atoms with Crippen LogP contribution in [0.25, 0.3) is 0 Å². The second-order valence-electron chi connectivity index (χ2n) is 2.68. The summed E-state index contributed by atoms with van der Waals surface area (Å²) in [6.45, 7) is 3.92. The fourth-order valence-corrected chi connectivity index (χ4v) is 0.922. The average molecular weight is 139 g/mol. The molecule has 0 aromatic carbocycles. The molecule has 0 unspecified atom stereocenters. The predicted octanol–water partition coefficient (Wildman–Crippen LogP) is 0.608. The fourth-order valence-electron chi connectivity index (χ4n) is 0.922. The van der Waals surface area contributed by atoms with Gasteiger partial charge in [-0.2, -0.15) is 0 Å². The minimum atomic E-state index is 0.208. The minimum Gasteiger partial charge on any atom is -0.346 e. The molecule has 1 heterocycles. The van der Waals surface area contributed by atoms with Crippen LogP contribution in [0, 0.1) is 6.92 Å². The highest BCUT2D eigenvalue weighted by molar-refractivity contribution is 5.01. The molecule has 1 aromatic rings. The van der Waals surface area contributed by atoms with Gasteiger partial charge in [0.15, 0.2) is 0 Å². The molecule has 0 fully saturated rings. The van der Waals surface area contributed by atoms with E-state index in [1.165, 1.54) is 0 Å². The Hall–Kier alpha value is -0.830. The van der Waals surface area contributed by atoms with Crippen molar-refractivity contribution in [2.24, 2.45) is 5.73 Å². The lowest BCUT2D eigenvalue weighted by molar-refractivity contribution is 0.724. The summed E-state index contributed by atoms with van der Waals surface area (Å²) in [5, 5.41) is 0. The highest BCUT2D eigenvalue weighted by Gasteiger charge is 1.98. The van der Waals surface area contributed by atoms with Gasteiger partial charge in [0, 0.05) is 24.4 Å². The first-order valence-corrected chi connectivity index (χ1v) is 3.44. The number of H-pyrrole nitrogens is 1. The van der Waals surface area contributed by atoms with E-state index >= 15 is 0 Å². The van der Waals surface area contributed by atoms with E-state index in [0.717, 1.165) is 17.9 Å². The molecular weight excluding hydrogens is 126 g/mol. The standard InChI is InChI=1S/C7H13N3/c1-5(8)3-7-4-9-6(2)10-7/h4-5H,3,8H2,1-2H3,(H,9,10)/t5-/m1/s1. The molecule has 1 aromatic heterocycles. The molecule has 3 nitrogen and oxygen atoms in total. The molecule has 0 bridgehead atoms. The predicted molar refractivity (Wildman–Crippen MR) is 40.7 cm³/mol. The quantitative estimate of drug-likeness (QED) is 0.630. The molecule has 3 N–H and O–H groups in total. The number of nitrogens with zero attached hydrogens (tertiary/aromatic N) is 1. The van der Waals surface area contributed by atoms with Gasteiger partial charge in [0.2, 0.25) is 0 Å². The van der Waals surface area contributed by atoms with Crippen molar-refractivity contribution < 1.29 is 0 Å². The second-order valence-corrected chi connectivity index (χ2v) is 2.68. The van der Waals surface area contributed by atoms with Crippen LogP contribution in [0.1, 0.15) is 18.4 Å². The number of rotatable bonds is 2. The topological polar surface area (TPSA) is 54.7 Å². The molecule has 0 aliphatic rings.